The number of fused-ring (bicyclic) bond motifs is 1. The molecule has 0 aromatic heterocycles. The fourth-order valence-corrected chi connectivity index (χ4v) is 5.11. The summed E-state index contributed by atoms with van der Waals surface area (Å²) in [6.45, 7) is 3.80. The molecule has 2 N–H and O–H groups in total. The third-order valence-electron chi connectivity index (χ3n) is 6.65. The van der Waals surface area contributed by atoms with E-state index in [4.69, 9.17) is 0 Å². The van der Waals surface area contributed by atoms with Crippen LogP contribution < -0.4 is 5.32 Å². The van der Waals surface area contributed by atoms with Gasteiger partial charge >= 0.3 is 0 Å². The monoisotopic (exact) mass is 314 g/mol. The zero-order valence-electron chi connectivity index (χ0n) is 14.3. The molecule has 1 aromatic rings. The summed E-state index contributed by atoms with van der Waals surface area (Å²) in [5, 5.41) is 13.5. The molecule has 1 aliphatic heterocycles. The van der Waals surface area contributed by atoms with Crippen LogP contribution in [0.4, 0.5) is 0 Å². The van der Waals surface area contributed by atoms with Crippen LogP contribution in [0.5, 0.6) is 5.75 Å². The summed E-state index contributed by atoms with van der Waals surface area (Å²) in [5.74, 6) is 2.14. The molecule has 23 heavy (non-hydrogen) atoms. The molecule has 3 fully saturated rings. The Bertz CT molecular complexity index is 556. The van der Waals surface area contributed by atoms with Crippen molar-refractivity contribution in [2.75, 3.05) is 26.7 Å². The minimum Gasteiger partial charge on any atom is -0.508 e. The highest BCUT2D eigenvalue weighted by molar-refractivity contribution is 5.35. The Morgan fingerprint density at radius 1 is 1.26 bits per heavy atom. The molecule has 1 aromatic carbocycles. The molecule has 0 amide bonds. The van der Waals surface area contributed by atoms with Crippen LogP contribution in [0.3, 0.4) is 0 Å². The van der Waals surface area contributed by atoms with Gasteiger partial charge in [-0.05, 0) is 81.6 Å². The Kier molecular flexibility index (Phi) is 4.10. The highest BCUT2D eigenvalue weighted by Gasteiger charge is 2.48. The van der Waals surface area contributed by atoms with E-state index in [1.165, 1.54) is 63.7 Å². The highest BCUT2D eigenvalue weighted by Crippen LogP contribution is 2.50. The number of benzene rings is 1. The molecular weight excluding hydrogens is 284 g/mol. The number of piperidine rings is 1. The summed E-state index contributed by atoms with van der Waals surface area (Å²) in [6.07, 6.45) is 7.95. The van der Waals surface area contributed by atoms with Crippen molar-refractivity contribution in [3.63, 3.8) is 0 Å². The normalized spacial score (nSPS) is 35.0. The minimum absolute atomic E-state index is 0.255. The first-order chi connectivity index (χ1) is 11.2. The van der Waals surface area contributed by atoms with Crippen molar-refractivity contribution in [2.45, 2.75) is 50.0 Å². The molecule has 0 spiro atoms. The number of hydrogen-bond acceptors (Lipinski definition) is 3. The molecule has 0 radical (unpaired) electrons. The van der Waals surface area contributed by atoms with Crippen LogP contribution in [-0.4, -0.2) is 42.7 Å². The summed E-state index contributed by atoms with van der Waals surface area (Å²) in [5.41, 5.74) is 1.62. The fourth-order valence-electron chi connectivity index (χ4n) is 5.11. The molecule has 0 bridgehead atoms. The van der Waals surface area contributed by atoms with E-state index in [1.54, 1.807) is 6.07 Å². The lowest BCUT2D eigenvalue weighted by atomic mass is 9.58. The first-order valence-electron chi connectivity index (χ1n) is 9.39. The van der Waals surface area contributed by atoms with Crippen LogP contribution >= 0.6 is 0 Å². The summed E-state index contributed by atoms with van der Waals surface area (Å²) >= 11 is 0. The zero-order valence-corrected chi connectivity index (χ0v) is 14.3. The van der Waals surface area contributed by atoms with E-state index in [1.807, 2.05) is 12.1 Å². The van der Waals surface area contributed by atoms with E-state index in [-0.39, 0.29) is 5.41 Å². The number of likely N-dealkylation sites (tertiary alicyclic amines) is 1. The lowest BCUT2D eigenvalue weighted by Crippen LogP contribution is -2.55. The van der Waals surface area contributed by atoms with E-state index in [9.17, 15) is 5.11 Å². The Hall–Kier alpha value is -1.06. The predicted molar refractivity (Wildman–Crippen MR) is 93.8 cm³/mol. The van der Waals surface area contributed by atoms with Gasteiger partial charge in [-0.15, -0.1) is 0 Å². The zero-order chi connectivity index (χ0) is 15.9. The van der Waals surface area contributed by atoms with Crippen LogP contribution in [0.15, 0.2) is 24.3 Å². The number of nitrogens with zero attached hydrogens (tertiary/aromatic N) is 1. The minimum atomic E-state index is 0.255. The molecule has 2 aliphatic carbocycles. The van der Waals surface area contributed by atoms with Crippen LogP contribution in [-0.2, 0) is 5.41 Å². The van der Waals surface area contributed by atoms with Crippen molar-refractivity contribution in [1.29, 1.82) is 0 Å². The predicted octanol–water partition coefficient (Wildman–Crippen LogP) is 3.13. The maximum atomic E-state index is 10.0. The Morgan fingerprint density at radius 2 is 2.13 bits per heavy atom. The molecule has 4 rings (SSSR count). The third-order valence-corrected chi connectivity index (χ3v) is 6.65. The Morgan fingerprint density at radius 3 is 2.87 bits per heavy atom. The van der Waals surface area contributed by atoms with E-state index in [0.29, 0.717) is 11.8 Å². The van der Waals surface area contributed by atoms with Gasteiger partial charge in [0.15, 0.2) is 0 Å². The summed E-state index contributed by atoms with van der Waals surface area (Å²) in [4.78, 5) is 2.73. The van der Waals surface area contributed by atoms with Crippen molar-refractivity contribution >= 4 is 0 Å². The van der Waals surface area contributed by atoms with Gasteiger partial charge in [0.1, 0.15) is 5.75 Å². The number of rotatable bonds is 4. The Balaban J connectivity index is 1.61. The maximum absolute atomic E-state index is 10.0. The number of phenolic OH excluding ortho intramolecular Hbond substituents is 1. The first kappa shape index (κ1) is 15.5. The standard InChI is InChI=1S/C20H30N2O/c1-21-18-8-7-17-14-22(13-15-5-6-15)10-9-20(17,12-18)16-3-2-4-19(23)11-16/h2-4,11,15,17-18,21,23H,5-10,12-14H2,1H3/t17?,18-,20?/m0/s1. The van der Waals surface area contributed by atoms with Crippen molar-refractivity contribution in [2.24, 2.45) is 11.8 Å². The second-order valence-corrected chi connectivity index (χ2v) is 8.12. The average Bonchev–Trinajstić information content (AvgIpc) is 3.38. The highest BCUT2D eigenvalue weighted by atomic mass is 16.3. The topological polar surface area (TPSA) is 35.5 Å². The molecule has 126 valence electrons. The molecule has 3 aliphatic rings. The molecule has 2 unspecified atom stereocenters. The molecule has 1 saturated heterocycles. The smallest absolute Gasteiger partial charge is 0.115 e. The molecule has 1 heterocycles. The van der Waals surface area contributed by atoms with E-state index in [2.05, 4.69) is 23.3 Å². The van der Waals surface area contributed by atoms with Gasteiger partial charge in [0, 0.05) is 24.5 Å². The summed E-state index contributed by atoms with van der Waals surface area (Å²) in [6, 6.07) is 8.72. The molecular formula is C20H30N2O. The van der Waals surface area contributed by atoms with E-state index in [0.717, 1.165) is 11.8 Å². The second kappa shape index (κ2) is 6.10. The fraction of sp³-hybridized carbons (Fsp3) is 0.700. The summed E-state index contributed by atoms with van der Waals surface area (Å²) < 4.78 is 0. The Labute approximate surface area is 140 Å². The molecule has 3 nitrogen and oxygen atoms in total. The van der Waals surface area contributed by atoms with E-state index < -0.39 is 0 Å². The molecule has 3 atom stereocenters. The number of aromatic hydroxyl groups is 1. The number of phenols is 1. The van der Waals surface area contributed by atoms with Crippen LogP contribution in [0, 0.1) is 11.8 Å². The number of nitrogens with one attached hydrogen (secondary N) is 1. The average molecular weight is 314 g/mol. The van der Waals surface area contributed by atoms with Gasteiger partial charge < -0.3 is 15.3 Å². The second-order valence-electron chi connectivity index (χ2n) is 8.12. The lowest BCUT2D eigenvalue weighted by molar-refractivity contribution is 0.0426. The van der Waals surface area contributed by atoms with Crippen molar-refractivity contribution in [1.82, 2.24) is 10.2 Å². The van der Waals surface area contributed by atoms with Crippen molar-refractivity contribution < 1.29 is 5.11 Å². The van der Waals surface area contributed by atoms with Crippen LogP contribution in [0.1, 0.15) is 44.1 Å². The van der Waals surface area contributed by atoms with Crippen LogP contribution in [0.2, 0.25) is 0 Å². The lowest BCUT2D eigenvalue weighted by Gasteiger charge is -2.53. The van der Waals surface area contributed by atoms with Crippen LogP contribution in [0.25, 0.3) is 0 Å². The maximum Gasteiger partial charge on any atom is 0.115 e. The quantitative estimate of drug-likeness (QED) is 0.896. The van der Waals surface area contributed by atoms with Gasteiger partial charge in [0.25, 0.3) is 0 Å². The van der Waals surface area contributed by atoms with Gasteiger partial charge in [0.2, 0.25) is 0 Å². The van der Waals surface area contributed by atoms with Gasteiger partial charge in [-0.3, -0.25) is 0 Å². The largest absolute Gasteiger partial charge is 0.508 e. The number of hydrogen-bond donors (Lipinski definition) is 2. The van der Waals surface area contributed by atoms with Gasteiger partial charge in [0.05, 0.1) is 0 Å². The van der Waals surface area contributed by atoms with Gasteiger partial charge in [-0.1, -0.05) is 12.1 Å². The van der Waals surface area contributed by atoms with Gasteiger partial charge in [-0.25, -0.2) is 0 Å². The SMILES string of the molecule is CN[C@H]1CCC2CN(CC3CC3)CCC2(c2cccc(O)c2)C1. The molecule has 3 heteroatoms. The molecule has 2 saturated carbocycles. The van der Waals surface area contributed by atoms with E-state index >= 15 is 0 Å². The van der Waals surface area contributed by atoms with Crippen molar-refractivity contribution in [3.8, 4) is 5.75 Å². The van der Waals surface area contributed by atoms with Gasteiger partial charge in [-0.2, -0.15) is 0 Å². The summed E-state index contributed by atoms with van der Waals surface area (Å²) in [7, 11) is 2.10. The van der Waals surface area contributed by atoms with Crippen molar-refractivity contribution in [3.05, 3.63) is 29.8 Å². The third kappa shape index (κ3) is 3.01. The first-order valence-corrected chi connectivity index (χ1v) is 9.39.